The van der Waals surface area contributed by atoms with Crippen molar-refractivity contribution in [1.29, 1.82) is 5.26 Å². The third kappa shape index (κ3) is 4.24. The van der Waals surface area contributed by atoms with E-state index >= 15 is 0 Å². The number of ether oxygens (including phenoxy) is 1. The maximum absolute atomic E-state index is 12.6. The molecule has 1 aliphatic rings. The Balaban J connectivity index is 2.16. The van der Waals surface area contributed by atoms with E-state index in [1.54, 1.807) is 41.1 Å². The molecule has 0 saturated carbocycles. The van der Waals surface area contributed by atoms with Crippen molar-refractivity contribution in [1.82, 2.24) is 4.90 Å². The fraction of sp³-hybridized carbons (Fsp3) is 0.412. The zero-order valence-corrected chi connectivity index (χ0v) is 13.6. The van der Waals surface area contributed by atoms with Crippen LogP contribution in [0.2, 0.25) is 0 Å². The number of hydrogen-bond acceptors (Lipinski definition) is 5. The standard InChI is InChI=1S/C17H21N3O3/c1-12-9-20(10-13(2)23-12)17(22)14(8-18)11-19(3)15-4-6-16(21)7-5-15/h4-7,11-13,21H,9-10H2,1-3H3/b14-11-. The number of carbonyl (C=O) groups is 1. The first-order valence-corrected chi connectivity index (χ1v) is 7.49. The number of aromatic hydroxyl groups is 1. The normalized spacial score (nSPS) is 21.7. The van der Waals surface area contributed by atoms with E-state index in [0.29, 0.717) is 13.1 Å². The summed E-state index contributed by atoms with van der Waals surface area (Å²) in [6, 6.07) is 8.51. The van der Waals surface area contributed by atoms with Crippen molar-refractivity contribution in [2.45, 2.75) is 26.1 Å². The maximum Gasteiger partial charge on any atom is 0.266 e. The Labute approximate surface area is 136 Å². The highest BCUT2D eigenvalue weighted by molar-refractivity contribution is 5.97. The van der Waals surface area contributed by atoms with E-state index in [1.165, 1.54) is 6.20 Å². The minimum atomic E-state index is -0.292. The molecular formula is C17H21N3O3. The first-order valence-electron chi connectivity index (χ1n) is 7.49. The second kappa shape index (κ2) is 7.16. The average molecular weight is 315 g/mol. The van der Waals surface area contributed by atoms with Crippen LogP contribution in [0.15, 0.2) is 36.0 Å². The highest BCUT2D eigenvalue weighted by Gasteiger charge is 2.28. The maximum atomic E-state index is 12.6. The van der Waals surface area contributed by atoms with Gasteiger partial charge in [-0.2, -0.15) is 5.26 Å². The van der Waals surface area contributed by atoms with Crippen molar-refractivity contribution in [3.63, 3.8) is 0 Å². The monoisotopic (exact) mass is 315 g/mol. The molecule has 2 rings (SSSR count). The quantitative estimate of drug-likeness (QED) is 0.680. The van der Waals surface area contributed by atoms with Crippen LogP contribution in [-0.4, -0.2) is 48.3 Å². The topological polar surface area (TPSA) is 76.8 Å². The van der Waals surface area contributed by atoms with E-state index in [0.717, 1.165) is 5.69 Å². The number of nitriles is 1. The van der Waals surface area contributed by atoms with Crippen molar-refractivity contribution in [2.75, 3.05) is 25.0 Å². The molecule has 1 N–H and O–H groups in total. The van der Waals surface area contributed by atoms with Crippen LogP contribution in [0.4, 0.5) is 5.69 Å². The molecule has 1 aliphatic heterocycles. The van der Waals surface area contributed by atoms with Gasteiger partial charge in [-0.3, -0.25) is 4.79 Å². The highest BCUT2D eigenvalue weighted by atomic mass is 16.5. The van der Waals surface area contributed by atoms with Crippen molar-refractivity contribution < 1.29 is 14.6 Å². The number of anilines is 1. The molecule has 1 saturated heterocycles. The van der Waals surface area contributed by atoms with Gasteiger partial charge in [0.1, 0.15) is 17.4 Å². The summed E-state index contributed by atoms with van der Waals surface area (Å²) in [5.74, 6) is -0.126. The van der Waals surface area contributed by atoms with Crippen LogP contribution in [0.3, 0.4) is 0 Å². The minimum Gasteiger partial charge on any atom is -0.508 e. The summed E-state index contributed by atoms with van der Waals surface area (Å²) in [5, 5.41) is 18.7. The molecule has 6 nitrogen and oxygen atoms in total. The lowest BCUT2D eigenvalue weighted by molar-refractivity contribution is -0.138. The number of nitrogens with zero attached hydrogens (tertiary/aromatic N) is 3. The van der Waals surface area contributed by atoms with E-state index < -0.39 is 0 Å². The Kier molecular flexibility index (Phi) is 5.24. The van der Waals surface area contributed by atoms with E-state index in [-0.39, 0.29) is 29.4 Å². The molecule has 0 aliphatic carbocycles. The Hall–Kier alpha value is -2.52. The third-order valence-corrected chi connectivity index (χ3v) is 3.64. The zero-order chi connectivity index (χ0) is 17.0. The SMILES string of the molecule is CC1CN(C(=O)/C(C#N)=C\N(C)c2ccc(O)cc2)CC(C)O1. The van der Waals surface area contributed by atoms with Crippen LogP contribution < -0.4 is 4.90 Å². The van der Waals surface area contributed by atoms with E-state index in [4.69, 9.17) is 4.74 Å². The largest absolute Gasteiger partial charge is 0.508 e. The average Bonchev–Trinajstić information content (AvgIpc) is 2.51. The van der Waals surface area contributed by atoms with Gasteiger partial charge in [0.2, 0.25) is 0 Å². The summed E-state index contributed by atoms with van der Waals surface area (Å²) >= 11 is 0. The molecule has 0 radical (unpaired) electrons. The molecule has 1 fully saturated rings. The van der Waals surface area contributed by atoms with Gasteiger partial charge < -0.3 is 19.6 Å². The second-order valence-corrected chi connectivity index (χ2v) is 5.75. The summed E-state index contributed by atoms with van der Waals surface area (Å²) < 4.78 is 5.61. The number of rotatable bonds is 3. The van der Waals surface area contributed by atoms with Crippen LogP contribution >= 0.6 is 0 Å². The molecule has 23 heavy (non-hydrogen) atoms. The van der Waals surface area contributed by atoms with Gasteiger partial charge in [-0.05, 0) is 38.1 Å². The fourth-order valence-corrected chi connectivity index (χ4v) is 2.60. The molecular weight excluding hydrogens is 294 g/mol. The molecule has 122 valence electrons. The summed E-state index contributed by atoms with van der Waals surface area (Å²) in [7, 11) is 1.75. The summed E-state index contributed by atoms with van der Waals surface area (Å²) in [6.45, 7) is 4.78. The van der Waals surface area contributed by atoms with Gasteiger partial charge in [-0.15, -0.1) is 0 Å². The Morgan fingerprint density at radius 2 is 1.91 bits per heavy atom. The van der Waals surface area contributed by atoms with Crippen molar-refractivity contribution >= 4 is 11.6 Å². The summed E-state index contributed by atoms with van der Waals surface area (Å²) in [6.07, 6.45) is 1.43. The number of phenols is 1. The molecule has 0 aromatic heterocycles. The number of phenolic OH excluding ortho intramolecular Hbond substituents is 1. The molecule has 1 amide bonds. The van der Waals surface area contributed by atoms with Gasteiger partial charge in [0.05, 0.1) is 12.2 Å². The first-order chi connectivity index (χ1) is 10.9. The fourth-order valence-electron chi connectivity index (χ4n) is 2.60. The Morgan fingerprint density at radius 1 is 1.35 bits per heavy atom. The zero-order valence-electron chi connectivity index (χ0n) is 13.6. The van der Waals surface area contributed by atoms with Crippen LogP contribution in [0, 0.1) is 11.3 Å². The van der Waals surface area contributed by atoms with Crippen LogP contribution in [-0.2, 0) is 9.53 Å². The van der Waals surface area contributed by atoms with Crippen LogP contribution in [0.5, 0.6) is 5.75 Å². The van der Waals surface area contributed by atoms with E-state index in [2.05, 4.69) is 0 Å². The summed E-state index contributed by atoms with van der Waals surface area (Å²) in [4.78, 5) is 15.9. The molecule has 0 spiro atoms. The number of benzene rings is 1. The number of hydrogen-bond donors (Lipinski definition) is 1. The Bertz CT molecular complexity index is 623. The molecule has 2 atom stereocenters. The van der Waals surface area contributed by atoms with E-state index in [9.17, 15) is 15.2 Å². The summed E-state index contributed by atoms with van der Waals surface area (Å²) in [5.41, 5.74) is 0.842. The number of amides is 1. The predicted octanol–water partition coefficient (Wildman–Crippen LogP) is 1.87. The van der Waals surface area contributed by atoms with Crippen molar-refractivity contribution in [2.24, 2.45) is 0 Å². The molecule has 0 bridgehead atoms. The number of morpholine rings is 1. The number of carbonyl (C=O) groups excluding carboxylic acids is 1. The van der Waals surface area contributed by atoms with Crippen molar-refractivity contribution in [3.8, 4) is 11.8 Å². The van der Waals surface area contributed by atoms with Crippen LogP contribution in [0.25, 0.3) is 0 Å². The van der Waals surface area contributed by atoms with Gasteiger partial charge >= 0.3 is 0 Å². The highest BCUT2D eigenvalue weighted by Crippen LogP contribution is 2.19. The lowest BCUT2D eigenvalue weighted by Crippen LogP contribution is -2.48. The van der Waals surface area contributed by atoms with E-state index in [1.807, 2.05) is 19.9 Å². The molecule has 1 aromatic rings. The predicted molar refractivity (Wildman–Crippen MR) is 86.8 cm³/mol. The van der Waals surface area contributed by atoms with Gasteiger partial charge in [-0.25, -0.2) is 0 Å². The molecule has 1 aromatic carbocycles. The lowest BCUT2D eigenvalue weighted by atomic mass is 10.2. The smallest absolute Gasteiger partial charge is 0.266 e. The van der Waals surface area contributed by atoms with Crippen LogP contribution in [0.1, 0.15) is 13.8 Å². The first kappa shape index (κ1) is 16.8. The lowest BCUT2D eigenvalue weighted by Gasteiger charge is -2.35. The minimum absolute atomic E-state index is 0.0440. The third-order valence-electron chi connectivity index (χ3n) is 3.64. The molecule has 6 heteroatoms. The van der Waals surface area contributed by atoms with Gasteiger partial charge in [0.25, 0.3) is 5.91 Å². The van der Waals surface area contributed by atoms with Gasteiger partial charge in [0, 0.05) is 32.0 Å². The molecule has 2 unspecified atom stereocenters. The Morgan fingerprint density at radius 3 is 2.43 bits per heavy atom. The molecule has 1 heterocycles. The van der Waals surface area contributed by atoms with Gasteiger partial charge in [0.15, 0.2) is 0 Å². The second-order valence-electron chi connectivity index (χ2n) is 5.75. The van der Waals surface area contributed by atoms with Gasteiger partial charge in [-0.1, -0.05) is 0 Å². The van der Waals surface area contributed by atoms with Crippen molar-refractivity contribution in [3.05, 3.63) is 36.0 Å².